The second-order valence-electron chi connectivity index (χ2n) is 8.27. The molecule has 22 heavy (non-hydrogen) atoms. The molecule has 4 heterocycles. The zero-order valence-corrected chi connectivity index (χ0v) is 14.0. The molecule has 5 rings (SSSR count). The van der Waals surface area contributed by atoms with E-state index in [9.17, 15) is 0 Å². The lowest BCUT2D eigenvalue weighted by Gasteiger charge is -2.77. The van der Waals surface area contributed by atoms with Crippen molar-refractivity contribution in [2.75, 3.05) is 32.7 Å². The lowest BCUT2D eigenvalue weighted by Crippen LogP contribution is -2.97. The van der Waals surface area contributed by atoms with Gasteiger partial charge in [-0.25, -0.2) is 10.0 Å². The largest absolute Gasteiger partial charge is 0.308 e. The molecule has 3 atom stereocenters. The van der Waals surface area contributed by atoms with Crippen LogP contribution in [0.3, 0.4) is 0 Å². The van der Waals surface area contributed by atoms with Crippen molar-refractivity contribution in [3.05, 3.63) is 0 Å². The Bertz CT molecular complexity index is 387. The summed E-state index contributed by atoms with van der Waals surface area (Å²) in [6.45, 7) is 6.53. The highest BCUT2D eigenvalue weighted by atomic mass is 15.8. The minimum absolute atomic E-state index is 0.351. The van der Waals surface area contributed by atoms with Gasteiger partial charge < -0.3 is 5.32 Å². The maximum absolute atomic E-state index is 3.85. The van der Waals surface area contributed by atoms with Gasteiger partial charge in [-0.1, -0.05) is 25.7 Å². The third kappa shape index (κ3) is 1.78. The van der Waals surface area contributed by atoms with Gasteiger partial charge >= 0.3 is 0 Å². The van der Waals surface area contributed by atoms with E-state index in [1.54, 1.807) is 0 Å². The molecule has 0 amide bonds. The number of rotatable bonds is 3. The summed E-state index contributed by atoms with van der Waals surface area (Å²) in [7, 11) is 0. The highest BCUT2D eigenvalue weighted by Gasteiger charge is 2.71. The van der Waals surface area contributed by atoms with E-state index in [0.29, 0.717) is 5.66 Å². The van der Waals surface area contributed by atoms with Gasteiger partial charge in [-0.05, 0) is 51.1 Å². The smallest absolute Gasteiger partial charge is 0.108 e. The molecule has 1 N–H and O–H groups in total. The molecular weight excluding hydrogens is 272 g/mol. The van der Waals surface area contributed by atoms with Crippen molar-refractivity contribution < 1.29 is 0 Å². The van der Waals surface area contributed by atoms with Crippen molar-refractivity contribution in [1.82, 2.24) is 20.2 Å². The third-order valence-corrected chi connectivity index (χ3v) is 7.28. The van der Waals surface area contributed by atoms with Crippen molar-refractivity contribution >= 4 is 0 Å². The van der Waals surface area contributed by atoms with E-state index in [1.807, 2.05) is 0 Å². The second-order valence-corrected chi connectivity index (χ2v) is 8.27. The van der Waals surface area contributed by atoms with Crippen LogP contribution in [-0.2, 0) is 0 Å². The van der Waals surface area contributed by atoms with E-state index in [4.69, 9.17) is 0 Å². The normalized spacial score (nSPS) is 44.7. The van der Waals surface area contributed by atoms with Crippen LogP contribution in [-0.4, -0.2) is 65.4 Å². The first kappa shape index (κ1) is 14.2. The van der Waals surface area contributed by atoms with Crippen molar-refractivity contribution in [2.24, 2.45) is 5.92 Å². The fourth-order valence-corrected chi connectivity index (χ4v) is 6.10. The van der Waals surface area contributed by atoms with Crippen molar-refractivity contribution in [3.63, 3.8) is 0 Å². The molecule has 4 heteroatoms. The summed E-state index contributed by atoms with van der Waals surface area (Å²) in [6.07, 6.45) is 13.0. The highest BCUT2D eigenvalue weighted by Crippen LogP contribution is 2.54. The van der Waals surface area contributed by atoms with E-state index in [2.05, 4.69) is 20.2 Å². The van der Waals surface area contributed by atoms with Crippen LogP contribution < -0.4 is 5.32 Å². The van der Waals surface area contributed by atoms with Crippen molar-refractivity contribution in [3.8, 4) is 0 Å². The Kier molecular flexibility index (Phi) is 3.51. The summed E-state index contributed by atoms with van der Waals surface area (Å²) in [6, 6.07) is 1.57. The molecule has 0 spiro atoms. The molecule has 124 valence electrons. The molecule has 5 aliphatic rings. The fraction of sp³-hybridized carbons (Fsp3) is 1.00. The molecular formula is C18H32N4. The maximum Gasteiger partial charge on any atom is 0.108 e. The Morgan fingerprint density at radius 3 is 2.09 bits per heavy atom. The molecule has 4 aliphatic heterocycles. The number of hydrazine groups is 1. The van der Waals surface area contributed by atoms with Gasteiger partial charge in [0, 0.05) is 19.6 Å². The summed E-state index contributed by atoms with van der Waals surface area (Å²) in [5, 5.41) is 9.47. The molecule has 1 aliphatic carbocycles. The summed E-state index contributed by atoms with van der Waals surface area (Å²) in [5.74, 6) is 0.897. The standard InChI is InChI=1S/C18H32N4/c1-3-8-15(9-4-1)18(20-10-5-2-6-11-20)17-16(14-19-17)22(18)21-12-7-13-21/h15-17,19H,1-14H2. The van der Waals surface area contributed by atoms with Gasteiger partial charge in [0.05, 0.1) is 12.1 Å². The zero-order valence-electron chi connectivity index (χ0n) is 14.0. The van der Waals surface area contributed by atoms with E-state index in [0.717, 1.165) is 18.0 Å². The Morgan fingerprint density at radius 1 is 0.773 bits per heavy atom. The molecule has 4 nitrogen and oxygen atoms in total. The van der Waals surface area contributed by atoms with Crippen LogP contribution in [0, 0.1) is 5.92 Å². The number of hydrogen-bond donors (Lipinski definition) is 1. The van der Waals surface area contributed by atoms with E-state index < -0.39 is 0 Å². The number of nitrogens with one attached hydrogen (secondary N) is 1. The monoisotopic (exact) mass is 304 g/mol. The predicted molar refractivity (Wildman–Crippen MR) is 88.3 cm³/mol. The number of piperazine rings is 1. The van der Waals surface area contributed by atoms with Gasteiger partial charge in [-0.2, -0.15) is 0 Å². The minimum Gasteiger partial charge on any atom is -0.308 e. The van der Waals surface area contributed by atoms with Gasteiger partial charge in [0.2, 0.25) is 0 Å². The van der Waals surface area contributed by atoms with Crippen LogP contribution in [0.1, 0.15) is 57.8 Å². The van der Waals surface area contributed by atoms with Crippen LogP contribution >= 0.6 is 0 Å². The Balaban J connectivity index is 1.49. The summed E-state index contributed by atoms with van der Waals surface area (Å²) >= 11 is 0. The van der Waals surface area contributed by atoms with Gasteiger partial charge in [0.1, 0.15) is 5.66 Å². The van der Waals surface area contributed by atoms with E-state index in [-0.39, 0.29) is 0 Å². The summed E-state index contributed by atoms with van der Waals surface area (Å²) in [5.41, 5.74) is 0.351. The van der Waals surface area contributed by atoms with Crippen LogP contribution in [0.25, 0.3) is 0 Å². The molecule has 1 saturated carbocycles. The van der Waals surface area contributed by atoms with Gasteiger partial charge in [-0.15, -0.1) is 0 Å². The topological polar surface area (TPSA) is 21.8 Å². The lowest BCUT2D eigenvalue weighted by molar-refractivity contribution is -0.354. The lowest BCUT2D eigenvalue weighted by atomic mass is 9.63. The van der Waals surface area contributed by atoms with Crippen LogP contribution in [0.4, 0.5) is 0 Å². The molecule has 0 radical (unpaired) electrons. The average Bonchev–Trinajstić information content (AvgIpc) is 2.51. The quantitative estimate of drug-likeness (QED) is 0.861. The van der Waals surface area contributed by atoms with Crippen LogP contribution in [0.15, 0.2) is 0 Å². The van der Waals surface area contributed by atoms with Crippen molar-refractivity contribution in [1.29, 1.82) is 0 Å². The SMILES string of the molecule is C1CCC(C2(N3CCCCC3)C3NCC3N2N2CCC2)CC1. The van der Waals surface area contributed by atoms with Crippen molar-refractivity contribution in [2.45, 2.75) is 75.5 Å². The summed E-state index contributed by atoms with van der Waals surface area (Å²) < 4.78 is 0. The van der Waals surface area contributed by atoms with Gasteiger partial charge in [0.15, 0.2) is 0 Å². The van der Waals surface area contributed by atoms with E-state index >= 15 is 0 Å². The van der Waals surface area contributed by atoms with E-state index in [1.165, 1.54) is 90.5 Å². The zero-order chi connectivity index (χ0) is 14.6. The van der Waals surface area contributed by atoms with Gasteiger partial charge in [-0.3, -0.25) is 4.90 Å². The Morgan fingerprint density at radius 2 is 1.50 bits per heavy atom. The molecule has 5 fully saturated rings. The molecule has 0 aromatic rings. The summed E-state index contributed by atoms with van der Waals surface area (Å²) in [4.78, 5) is 2.93. The molecule has 0 aromatic heterocycles. The fourth-order valence-electron chi connectivity index (χ4n) is 6.10. The third-order valence-electron chi connectivity index (χ3n) is 7.28. The number of nitrogens with zero attached hydrogens (tertiary/aromatic N) is 3. The Hall–Kier alpha value is -0.160. The molecule has 0 bridgehead atoms. The number of hydrogen-bond acceptors (Lipinski definition) is 4. The predicted octanol–water partition coefficient (Wildman–Crippen LogP) is 2.03. The maximum atomic E-state index is 3.85. The first-order valence-electron chi connectivity index (χ1n) is 9.95. The first-order chi connectivity index (χ1) is 10.9. The molecule has 0 aromatic carbocycles. The number of fused-ring (bicyclic) bond motifs is 1. The van der Waals surface area contributed by atoms with Crippen LogP contribution in [0.5, 0.6) is 0 Å². The average molecular weight is 304 g/mol. The first-order valence-corrected chi connectivity index (χ1v) is 9.95. The minimum atomic E-state index is 0.351. The Labute approximate surface area is 135 Å². The number of piperidine rings is 1. The molecule has 4 saturated heterocycles. The number of likely N-dealkylation sites (tertiary alicyclic amines) is 1. The van der Waals surface area contributed by atoms with Gasteiger partial charge in [0.25, 0.3) is 0 Å². The van der Waals surface area contributed by atoms with Crippen LogP contribution in [0.2, 0.25) is 0 Å². The second kappa shape index (κ2) is 5.44. The highest BCUT2D eigenvalue weighted by molar-refractivity contribution is 5.24. The molecule has 3 unspecified atom stereocenters.